The van der Waals surface area contributed by atoms with Crippen LogP contribution in [0.25, 0.3) is 0 Å². The van der Waals surface area contributed by atoms with Crippen LogP contribution in [0.3, 0.4) is 0 Å². The van der Waals surface area contributed by atoms with Crippen molar-refractivity contribution in [2.24, 2.45) is 0 Å². The van der Waals surface area contributed by atoms with Gasteiger partial charge in [0.1, 0.15) is 6.10 Å². The third kappa shape index (κ3) is 1.68. The molecule has 1 saturated heterocycles. The molecule has 1 fully saturated rings. The monoisotopic (exact) mass is 146 g/mol. The summed E-state index contributed by atoms with van der Waals surface area (Å²) in [6.07, 6.45) is 2.07. The van der Waals surface area contributed by atoms with Gasteiger partial charge in [0.2, 0.25) is 0 Å². The van der Waals surface area contributed by atoms with E-state index in [1.165, 1.54) is 0 Å². The second-order valence-corrected chi connectivity index (χ2v) is 2.39. The summed E-state index contributed by atoms with van der Waals surface area (Å²) in [5.74, 6) is 0. The molecule has 0 unspecified atom stereocenters. The fourth-order valence-electron chi connectivity index (χ4n) is 1.18. The van der Waals surface area contributed by atoms with Crippen LogP contribution in [0.1, 0.15) is 12.8 Å². The van der Waals surface area contributed by atoms with E-state index in [1.807, 2.05) is 0 Å². The molecule has 0 aromatic rings. The molecule has 1 heterocycles. The first-order valence-corrected chi connectivity index (χ1v) is 3.55. The van der Waals surface area contributed by atoms with Crippen LogP contribution in [-0.2, 0) is 14.2 Å². The topological polar surface area (TPSA) is 27.7 Å². The average Bonchev–Trinajstić information content (AvgIpc) is 2.04. The van der Waals surface area contributed by atoms with E-state index < -0.39 is 0 Å². The highest BCUT2D eigenvalue weighted by atomic mass is 16.7. The Balaban J connectivity index is 2.34. The zero-order chi connectivity index (χ0) is 7.40. The predicted octanol–water partition coefficient (Wildman–Crippen LogP) is 0.784. The van der Waals surface area contributed by atoms with E-state index >= 15 is 0 Å². The van der Waals surface area contributed by atoms with Gasteiger partial charge in [-0.05, 0) is 12.8 Å². The average molecular weight is 146 g/mol. The molecule has 1 aliphatic heterocycles. The molecule has 0 N–H and O–H groups in total. The minimum absolute atomic E-state index is 0.124. The molecule has 3 heteroatoms. The Bertz CT molecular complexity index is 82.9. The van der Waals surface area contributed by atoms with Crippen molar-refractivity contribution >= 4 is 0 Å². The summed E-state index contributed by atoms with van der Waals surface area (Å²) in [4.78, 5) is 0. The van der Waals surface area contributed by atoms with Crippen molar-refractivity contribution in [2.45, 2.75) is 25.2 Å². The third-order valence-corrected chi connectivity index (χ3v) is 1.75. The van der Waals surface area contributed by atoms with Crippen LogP contribution in [0, 0.1) is 0 Å². The maximum absolute atomic E-state index is 5.28. The largest absolute Gasteiger partial charge is 0.376 e. The summed E-state index contributed by atoms with van der Waals surface area (Å²) in [6, 6.07) is 0. The lowest BCUT2D eigenvalue weighted by molar-refractivity contribution is -0.209. The van der Waals surface area contributed by atoms with Crippen molar-refractivity contribution < 1.29 is 14.2 Å². The number of hydrogen-bond acceptors (Lipinski definition) is 3. The van der Waals surface area contributed by atoms with Gasteiger partial charge in [-0.2, -0.15) is 0 Å². The predicted molar refractivity (Wildman–Crippen MR) is 36.8 cm³/mol. The van der Waals surface area contributed by atoms with E-state index in [9.17, 15) is 0 Å². The number of rotatable bonds is 2. The normalized spacial score (nSPS) is 34.2. The Morgan fingerprint density at radius 1 is 1.30 bits per heavy atom. The molecule has 1 aliphatic rings. The van der Waals surface area contributed by atoms with Crippen LogP contribution in [-0.4, -0.2) is 33.2 Å². The summed E-state index contributed by atoms with van der Waals surface area (Å²) in [5, 5.41) is 0. The van der Waals surface area contributed by atoms with Gasteiger partial charge in [-0.3, -0.25) is 0 Å². The highest BCUT2D eigenvalue weighted by Crippen LogP contribution is 2.16. The van der Waals surface area contributed by atoms with Gasteiger partial charge in [-0.15, -0.1) is 0 Å². The van der Waals surface area contributed by atoms with E-state index in [2.05, 4.69) is 0 Å². The lowest BCUT2D eigenvalue weighted by Crippen LogP contribution is -2.36. The molecule has 0 radical (unpaired) electrons. The van der Waals surface area contributed by atoms with Gasteiger partial charge in [0.25, 0.3) is 0 Å². The zero-order valence-corrected chi connectivity index (χ0v) is 6.50. The lowest BCUT2D eigenvalue weighted by Gasteiger charge is -2.28. The van der Waals surface area contributed by atoms with Crippen molar-refractivity contribution in [2.75, 3.05) is 20.8 Å². The lowest BCUT2D eigenvalue weighted by atomic mass is 10.1. The molecule has 10 heavy (non-hydrogen) atoms. The highest BCUT2D eigenvalue weighted by molar-refractivity contribution is 4.66. The summed E-state index contributed by atoms with van der Waals surface area (Å²) in [5.41, 5.74) is 0. The fourth-order valence-corrected chi connectivity index (χ4v) is 1.18. The Hall–Kier alpha value is -0.120. The van der Waals surface area contributed by atoms with Crippen LogP contribution in [0.2, 0.25) is 0 Å². The molecule has 0 aromatic carbocycles. The maximum atomic E-state index is 5.28. The van der Waals surface area contributed by atoms with Gasteiger partial charge >= 0.3 is 0 Å². The summed E-state index contributed by atoms with van der Waals surface area (Å²) >= 11 is 0. The molecule has 0 saturated carbocycles. The quantitative estimate of drug-likeness (QED) is 0.576. The maximum Gasteiger partial charge on any atom is 0.183 e. The molecular weight excluding hydrogens is 132 g/mol. The molecular formula is C7H14O3. The van der Waals surface area contributed by atoms with Crippen LogP contribution in [0.5, 0.6) is 0 Å². The Kier molecular flexibility index (Phi) is 3.12. The van der Waals surface area contributed by atoms with Crippen molar-refractivity contribution in [3.8, 4) is 0 Å². The molecule has 1 rings (SSSR count). The second kappa shape index (κ2) is 3.91. The van der Waals surface area contributed by atoms with Crippen molar-refractivity contribution in [1.29, 1.82) is 0 Å². The molecule has 0 bridgehead atoms. The molecule has 60 valence electrons. The van der Waals surface area contributed by atoms with Crippen molar-refractivity contribution in [3.63, 3.8) is 0 Å². The van der Waals surface area contributed by atoms with Crippen molar-refractivity contribution in [1.82, 2.24) is 0 Å². The third-order valence-electron chi connectivity index (χ3n) is 1.75. The number of hydrogen-bond donors (Lipinski definition) is 0. The zero-order valence-electron chi connectivity index (χ0n) is 6.50. The van der Waals surface area contributed by atoms with Gasteiger partial charge in [0, 0.05) is 20.8 Å². The minimum atomic E-state index is -0.154. The van der Waals surface area contributed by atoms with Gasteiger partial charge in [0.05, 0.1) is 0 Å². The minimum Gasteiger partial charge on any atom is -0.376 e. The van der Waals surface area contributed by atoms with Crippen LogP contribution < -0.4 is 0 Å². The highest BCUT2D eigenvalue weighted by Gasteiger charge is 2.24. The van der Waals surface area contributed by atoms with Gasteiger partial charge < -0.3 is 14.2 Å². The number of ether oxygens (including phenoxy) is 3. The first-order chi connectivity index (χ1) is 4.88. The summed E-state index contributed by atoms with van der Waals surface area (Å²) in [7, 11) is 3.33. The first kappa shape index (κ1) is 7.98. The van der Waals surface area contributed by atoms with Gasteiger partial charge in [0.15, 0.2) is 6.29 Å². The Morgan fingerprint density at radius 2 is 2.10 bits per heavy atom. The standard InChI is InChI=1S/C7H14O3/c1-8-6-4-3-5-10-7(6)9-2/h6-7H,3-5H2,1-2H3/t6-,7-/m0/s1. The fraction of sp³-hybridized carbons (Fsp3) is 1.00. The summed E-state index contributed by atoms with van der Waals surface area (Å²) in [6.45, 7) is 0.790. The second-order valence-electron chi connectivity index (χ2n) is 2.39. The van der Waals surface area contributed by atoms with E-state index in [0.29, 0.717) is 0 Å². The Morgan fingerprint density at radius 3 is 2.60 bits per heavy atom. The van der Waals surface area contributed by atoms with E-state index in [0.717, 1.165) is 19.4 Å². The molecule has 3 nitrogen and oxygen atoms in total. The first-order valence-electron chi connectivity index (χ1n) is 3.55. The molecule has 2 atom stereocenters. The van der Waals surface area contributed by atoms with Crippen molar-refractivity contribution in [3.05, 3.63) is 0 Å². The van der Waals surface area contributed by atoms with Crippen LogP contribution in [0.4, 0.5) is 0 Å². The van der Waals surface area contributed by atoms with E-state index in [1.54, 1.807) is 14.2 Å². The molecule has 0 aromatic heterocycles. The molecule has 0 amide bonds. The molecule has 0 aliphatic carbocycles. The number of methoxy groups -OCH3 is 2. The summed E-state index contributed by atoms with van der Waals surface area (Å²) < 4.78 is 15.5. The van der Waals surface area contributed by atoms with Crippen LogP contribution >= 0.6 is 0 Å². The van der Waals surface area contributed by atoms with Gasteiger partial charge in [-0.25, -0.2) is 0 Å². The van der Waals surface area contributed by atoms with E-state index in [4.69, 9.17) is 14.2 Å². The smallest absolute Gasteiger partial charge is 0.183 e. The molecule has 0 spiro atoms. The van der Waals surface area contributed by atoms with Crippen LogP contribution in [0.15, 0.2) is 0 Å². The Labute approximate surface area is 61.3 Å². The van der Waals surface area contributed by atoms with Gasteiger partial charge in [-0.1, -0.05) is 0 Å². The van der Waals surface area contributed by atoms with E-state index in [-0.39, 0.29) is 12.4 Å². The SMILES string of the molecule is CO[C@H]1OCCC[C@@H]1OC.